The van der Waals surface area contributed by atoms with E-state index < -0.39 is 5.97 Å². The van der Waals surface area contributed by atoms with E-state index in [1.54, 1.807) is 12.1 Å². The third-order valence-electron chi connectivity index (χ3n) is 2.58. The Kier molecular flexibility index (Phi) is 3.66. The molecule has 0 saturated heterocycles. The summed E-state index contributed by atoms with van der Waals surface area (Å²) >= 11 is 0. The van der Waals surface area contributed by atoms with Gasteiger partial charge in [0.25, 0.3) is 5.56 Å². The molecule has 0 aliphatic carbocycles. The van der Waals surface area contributed by atoms with Crippen molar-refractivity contribution in [2.75, 3.05) is 6.61 Å². The van der Waals surface area contributed by atoms with Gasteiger partial charge in [-0.25, -0.2) is 4.79 Å². The van der Waals surface area contributed by atoms with Crippen molar-refractivity contribution in [3.8, 4) is 5.75 Å². The summed E-state index contributed by atoms with van der Waals surface area (Å²) in [4.78, 5) is 25.0. The van der Waals surface area contributed by atoms with Gasteiger partial charge in [-0.2, -0.15) is 0 Å². The predicted molar refractivity (Wildman–Crippen MR) is 72.4 cm³/mol. The predicted octanol–water partition coefficient (Wildman–Crippen LogP) is 2.02. The van der Waals surface area contributed by atoms with Crippen molar-refractivity contribution in [3.63, 3.8) is 0 Å². The number of carboxylic acid groups (broad SMARTS) is 1. The zero-order valence-corrected chi connectivity index (χ0v) is 10.3. The third kappa shape index (κ3) is 2.82. The highest BCUT2D eigenvalue weighted by molar-refractivity contribution is 5.88. The molecular formula is C14H13NO4. The van der Waals surface area contributed by atoms with Gasteiger partial charge in [0, 0.05) is 17.0 Å². The lowest BCUT2D eigenvalue weighted by Crippen LogP contribution is -2.10. The average Bonchev–Trinajstić information content (AvgIpc) is 2.37. The number of carboxylic acids is 1. The molecule has 0 bridgehead atoms. The monoisotopic (exact) mass is 259 g/mol. The molecule has 0 saturated carbocycles. The Morgan fingerprint density at radius 1 is 1.47 bits per heavy atom. The maximum absolute atomic E-state index is 11.8. The molecule has 5 heteroatoms. The van der Waals surface area contributed by atoms with E-state index in [1.807, 2.05) is 19.1 Å². The fourth-order valence-electron chi connectivity index (χ4n) is 1.78. The third-order valence-corrected chi connectivity index (χ3v) is 2.58. The molecule has 0 unspecified atom stereocenters. The van der Waals surface area contributed by atoms with Crippen molar-refractivity contribution in [1.82, 2.24) is 4.98 Å². The molecule has 98 valence electrons. The average molecular weight is 259 g/mol. The number of benzene rings is 1. The molecule has 19 heavy (non-hydrogen) atoms. The summed E-state index contributed by atoms with van der Waals surface area (Å²) in [5.41, 5.74) is 0.558. The quantitative estimate of drug-likeness (QED) is 0.823. The number of aliphatic carboxylic acids is 1. The Hall–Kier alpha value is -2.56. The normalized spacial score (nSPS) is 11.0. The van der Waals surface area contributed by atoms with Crippen molar-refractivity contribution in [2.24, 2.45) is 0 Å². The Balaban J connectivity index is 2.58. The topological polar surface area (TPSA) is 79.4 Å². The highest BCUT2D eigenvalue weighted by atomic mass is 16.5. The minimum Gasteiger partial charge on any atom is -0.492 e. The summed E-state index contributed by atoms with van der Waals surface area (Å²) in [6.45, 7) is 2.36. The Bertz CT molecular complexity index is 700. The molecule has 2 N–H and O–H groups in total. The minimum absolute atomic E-state index is 0.295. The molecule has 2 rings (SSSR count). The van der Waals surface area contributed by atoms with Crippen LogP contribution in [0.25, 0.3) is 17.0 Å². The largest absolute Gasteiger partial charge is 0.492 e. The number of hydrogen-bond donors (Lipinski definition) is 2. The van der Waals surface area contributed by atoms with Gasteiger partial charge in [0.05, 0.1) is 12.1 Å². The summed E-state index contributed by atoms with van der Waals surface area (Å²) in [6, 6.07) is 7.05. The lowest BCUT2D eigenvalue weighted by Gasteiger charge is -2.07. The van der Waals surface area contributed by atoms with E-state index in [9.17, 15) is 9.59 Å². The number of aromatic amines is 1. The molecule has 0 radical (unpaired) electrons. The van der Waals surface area contributed by atoms with Gasteiger partial charge in [0.15, 0.2) is 0 Å². The summed E-state index contributed by atoms with van der Waals surface area (Å²) in [6.07, 6.45) is 2.21. The molecule has 0 spiro atoms. The fourth-order valence-corrected chi connectivity index (χ4v) is 1.78. The van der Waals surface area contributed by atoms with Crippen LogP contribution in [-0.4, -0.2) is 22.7 Å². The van der Waals surface area contributed by atoms with Crippen LogP contribution >= 0.6 is 0 Å². The number of aromatic nitrogens is 1. The lowest BCUT2D eigenvalue weighted by molar-refractivity contribution is -0.131. The number of H-pyrrole nitrogens is 1. The van der Waals surface area contributed by atoms with Gasteiger partial charge in [-0.1, -0.05) is 12.1 Å². The summed E-state index contributed by atoms with van der Waals surface area (Å²) < 4.78 is 5.43. The molecule has 5 nitrogen and oxygen atoms in total. The number of hydrogen-bond acceptors (Lipinski definition) is 3. The van der Waals surface area contributed by atoms with Crippen LogP contribution in [0.15, 0.2) is 35.1 Å². The van der Waals surface area contributed by atoms with E-state index in [-0.39, 0.29) is 5.56 Å². The van der Waals surface area contributed by atoms with Gasteiger partial charge in [-0.05, 0) is 25.1 Å². The number of nitrogens with one attached hydrogen (secondary N) is 1. The number of fused-ring (bicyclic) bond motifs is 1. The van der Waals surface area contributed by atoms with Crippen molar-refractivity contribution in [2.45, 2.75) is 6.92 Å². The van der Waals surface area contributed by atoms with Crippen LogP contribution in [0.2, 0.25) is 0 Å². The first kappa shape index (κ1) is 12.9. The van der Waals surface area contributed by atoms with Gasteiger partial charge >= 0.3 is 5.97 Å². The van der Waals surface area contributed by atoms with Crippen LogP contribution in [-0.2, 0) is 4.79 Å². The van der Waals surface area contributed by atoms with Crippen LogP contribution in [0.3, 0.4) is 0 Å². The summed E-state index contributed by atoms with van der Waals surface area (Å²) in [5, 5.41) is 9.36. The Morgan fingerprint density at radius 2 is 2.26 bits per heavy atom. The maximum atomic E-state index is 11.8. The van der Waals surface area contributed by atoms with Crippen molar-refractivity contribution in [1.29, 1.82) is 0 Å². The van der Waals surface area contributed by atoms with E-state index in [4.69, 9.17) is 9.84 Å². The van der Waals surface area contributed by atoms with E-state index in [0.717, 1.165) is 11.5 Å². The lowest BCUT2D eigenvalue weighted by atomic mass is 10.1. The molecule has 1 aromatic heterocycles. The number of ether oxygens (including phenoxy) is 1. The highest BCUT2D eigenvalue weighted by Gasteiger charge is 2.05. The molecule has 2 aromatic rings. The number of pyridine rings is 1. The van der Waals surface area contributed by atoms with Gasteiger partial charge < -0.3 is 14.8 Å². The van der Waals surface area contributed by atoms with Crippen LogP contribution in [0, 0.1) is 0 Å². The van der Waals surface area contributed by atoms with E-state index in [2.05, 4.69) is 4.98 Å². The summed E-state index contributed by atoms with van der Waals surface area (Å²) in [5.74, 6) is -0.492. The first-order chi connectivity index (χ1) is 9.11. The molecule has 1 aromatic carbocycles. The second kappa shape index (κ2) is 5.39. The van der Waals surface area contributed by atoms with Crippen LogP contribution in [0.5, 0.6) is 5.75 Å². The smallest absolute Gasteiger partial charge is 0.328 e. The minimum atomic E-state index is -1.09. The number of para-hydroxylation sites is 1. The first-order valence-corrected chi connectivity index (χ1v) is 5.81. The maximum Gasteiger partial charge on any atom is 0.328 e. The molecule has 0 amide bonds. The van der Waals surface area contributed by atoms with E-state index in [0.29, 0.717) is 23.4 Å². The SMILES string of the molecule is CCOc1cccc2cc(/C=C/C(=O)O)c(=O)[nH]c12. The van der Waals surface area contributed by atoms with E-state index in [1.165, 1.54) is 6.08 Å². The van der Waals surface area contributed by atoms with E-state index >= 15 is 0 Å². The molecule has 0 fully saturated rings. The molecule has 0 aliphatic rings. The Labute approximate surface area is 109 Å². The molecule has 1 heterocycles. The highest BCUT2D eigenvalue weighted by Crippen LogP contribution is 2.23. The van der Waals surface area contributed by atoms with Gasteiger partial charge in [0.1, 0.15) is 5.75 Å². The van der Waals surface area contributed by atoms with Crippen molar-refractivity contribution in [3.05, 3.63) is 46.3 Å². The van der Waals surface area contributed by atoms with Crippen LogP contribution in [0.4, 0.5) is 0 Å². The number of carbonyl (C=O) groups is 1. The zero-order valence-electron chi connectivity index (χ0n) is 10.3. The fraction of sp³-hybridized carbons (Fsp3) is 0.143. The molecule has 0 atom stereocenters. The molecular weight excluding hydrogens is 246 g/mol. The standard InChI is InChI=1S/C14H13NO4/c1-2-19-11-5-3-4-9-8-10(6-7-12(16)17)14(18)15-13(9)11/h3-8H,2H2,1H3,(H,15,18)(H,16,17)/b7-6+. The van der Waals surface area contributed by atoms with Crippen molar-refractivity contribution >= 4 is 22.9 Å². The summed E-state index contributed by atoms with van der Waals surface area (Å²) in [7, 11) is 0. The van der Waals surface area contributed by atoms with Gasteiger partial charge in [0.2, 0.25) is 0 Å². The van der Waals surface area contributed by atoms with Gasteiger partial charge in [-0.3, -0.25) is 4.79 Å². The Morgan fingerprint density at radius 3 is 2.95 bits per heavy atom. The first-order valence-electron chi connectivity index (χ1n) is 5.81. The second-order valence-electron chi connectivity index (χ2n) is 3.88. The van der Waals surface area contributed by atoms with Crippen LogP contribution < -0.4 is 10.3 Å². The molecule has 0 aliphatic heterocycles. The van der Waals surface area contributed by atoms with Crippen LogP contribution in [0.1, 0.15) is 12.5 Å². The van der Waals surface area contributed by atoms with Gasteiger partial charge in [-0.15, -0.1) is 0 Å². The zero-order chi connectivity index (χ0) is 13.8. The second-order valence-corrected chi connectivity index (χ2v) is 3.88. The van der Waals surface area contributed by atoms with Crippen molar-refractivity contribution < 1.29 is 14.6 Å². The number of rotatable bonds is 4.